The third-order valence-electron chi connectivity index (χ3n) is 5.36. The maximum absolute atomic E-state index is 13.5. The van der Waals surface area contributed by atoms with Crippen LogP contribution < -0.4 is 4.90 Å². The molecule has 1 atom stereocenters. The number of carbonyl (C=O) groups is 2. The number of anilines is 1. The van der Waals surface area contributed by atoms with E-state index in [1.807, 2.05) is 0 Å². The van der Waals surface area contributed by atoms with Gasteiger partial charge >= 0.3 is 0 Å². The van der Waals surface area contributed by atoms with E-state index >= 15 is 0 Å². The lowest BCUT2D eigenvalue weighted by atomic mass is 9.94. The normalized spacial score (nSPS) is 16.1. The molecule has 1 aliphatic rings. The molecule has 4 aromatic rings. The Kier molecular flexibility index (Phi) is 4.56. The number of rotatable bonds is 5. The standard InChI is InChI=1S/C23H15N3O7/c1-12-9-18(24-33-12)25-20(14-6-4-7-15(10-14)26(30)31)19(22(28)23(25)29)21(27)17-11-13-5-2-3-8-16(13)32-17/h2-11,20,28H,1H3/t20-/m1/s1. The molecule has 0 saturated carbocycles. The number of Topliss-reactive ketones (excluding diaryl/α,β-unsaturated/α-hetero) is 1. The molecule has 10 nitrogen and oxygen atoms in total. The van der Waals surface area contributed by atoms with Crippen molar-refractivity contribution < 1.29 is 28.6 Å². The minimum absolute atomic E-state index is 0.0490. The second kappa shape index (κ2) is 7.45. The summed E-state index contributed by atoms with van der Waals surface area (Å²) in [5, 5.41) is 26.6. The van der Waals surface area contributed by atoms with Gasteiger partial charge in [0.1, 0.15) is 11.3 Å². The largest absolute Gasteiger partial charge is 0.503 e. The fraction of sp³-hybridized carbons (Fsp3) is 0.0870. The molecule has 1 aliphatic heterocycles. The third kappa shape index (κ3) is 3.24. The summed E-state index contributed by atoms with van der Waals surface area (Å²) in [6, 6.07) is 14.2. The van der Waals surface area contributed by atoms with E-state index in [0.29, 0.717) is 16.7 Å². The van der Waals surface area contributed by atoms with Gasteiger partial charge in [-0.15, -0.1) is 0 Å². The van der Waals surface area contributed by atoms with Gasteiger partial charge in [-0.25, -0.2) is 0 Å². The van der Waals surface area contributed by atoms with E-state index in [1.165, 1.54) is 36.4 Å². The Hall–Kier alpha value is -4.73. The third-order valence-corrected chi connectivity index (χ3v) is 5.36. The molecule has 0 aliphatic carbocycles. The number of aliphatic hydroxyl groups is 1. The molecular weight excluding hydrogens is 430 g/mol. The van der Waals surface area contributed by atoms with Gasteiger partial charge in [0.25, 0.3) is 11.6 Å². The molecule has 1 N–H and O–H groups in total. The number of furan rings is 1. The zero-order chi connectivity index (χ0) is 23.3. The Morgan fingerprint density at radius 1 is 1.15 bits per heavy atom. The Balaban J connectivity index is 1.68. The second-order valence-electron chi connectivity index (χ2n) is 7.47. The first-order valence-electron chi connectivity index (χ1n) is 9.83. The number of aromatic nitrogens is 1. The molecule has 2 aromatic heterocycles. The zero-order valence-corrected chi connectivity index (χ0v) is 17.1. The molecule has 0 spiro atoms. The van der Waals surface area contributed by atoms with Gasteiger partial charge in [-0.05, 0) is 24.6 Å². The maximum atomic E-state index is 13.5. The molecule has 0 radical (unpaired) electrons. The van der Waals surface area contributed by atoms with Crippen LogP contribution in [0.3, 0.4) is 0 Å². The number of nitro groups is 1. The molecule has 0 bridgehead atoms. The molecule has 1 amide bonds. The molecule has 5 rings (SSSR count). The van der Waals surface area contributed by atoms with Crippen molar-refractivity contribution in [3.63, 3.8) is 0 Å². The average molecular weight is 445 g/mol. The quantitative estimate of drug-likeness (QED) is 0.270. The molecule has 3 heterocycles. The molecular formula is C23H15N3O7. The Morgan fingerprint density at radius 2 is 1.94 bits per heavy atom. The number of nitrogens with zero attached hydrogens (tertiary/aromatic N) is 3. The van der Waals surface area contributed by atoms with Gasteiger partial charge in [0.05, 0.1) is 16.5 Å². The number of ketones is 1. The summed E-state index contributed by atoms with van der Waals surface area (Å²) in [6.45, 7) is 1.62. The van der Waals surface area contributed by atoms with Crippen LogP contribution in [0.1, 0.15) is 27.9 Å². The first kappa shape index (κ1) is 20.2. The van der Waals surface area contributed by atoms with Crippen LogP contribution in [-0.2, 0) is 4.79 Å². The molecule has 0 fully saturated rings. The lowest BCUT2D eigenvalue weighted by molar-refractivity contribution is -0.384. The highest BCUT2D eigenvalue weighted by molar-refractivity contribution is 6.20. The van der Waals surface area contributed by atoms with Gasteiger partial charge in [-0.1, -0.05) is 35.5 Å². The number of nitro benzene ring substituents is 1. The van der Waals surface area contributed by atoms with Crippen molar-refractivity contribution >= 4 is 34.2 Å². The zero-order valence-electron chi connectivity index (χ0n) is 17.1. The fourth-order valence-electron chi connectivity index (χ4n) is 3.89. The minimum Gasteiger partial charge on any atom is -0.503 e. The number of para-hydroxylation sites is 1. The number of amides is 1. The monoisotopic (exact) mass is 445 g/mol. The molecule has 10 heteroatoms. The predicted octanol–water partition coefficient (Wildman–Crippen LogP) is 4.42. The lowest BCUT2D eigenvalue weighted by Crippen LogP contribution is -2.31. The van der Waals surface area contributed by atoms with Crippen molar-refractivity contribution in [2.24, 2.45) is 0 Å². The first-order chi connectivity index (χ1) is 15.8. The highest BCUT2D eigenvalue weighted by atomic mass is 16.6. The van der Waals surface area contributed by atoms with Crippen LogP contribution in [0.5, 0.6) is 0 Å². The van der Waals surface area contributed by atoms with Crippen molar-refractivity contribution in [1.29, 1.82) is 0 Å². The van der Waals surface area contributed by atoms with Gasteiger partial charge in [0, 0.05) is 23.6 Å². The van der Waals surface area contributed by atoms with Crippen molar-refractivity contribution in [3.05, 3.63) is 99.2 Å². The van der Waals surface area contributed by atoms with Crippen LogP contribution in [-0.4, -0.2) is 26.9 Å². The van der Waals surface area contributed by atoms with Crippen LogP contribution in [0.4, 0.5) is 11.5 Å². The topological polar surface area (TPSA) is 140 Å². The van der Waals surface area contributed by atoms with E-state index < -0.39 is 28.4 Å². The number of carbonyl (C=O) groups excluding carboxylic acids is 2. The predicted molar refractivity (Wildman–Crippen MR) is 115 cm³/mol. The number of aliphatic hydroxyl groups excluding tert-OH is 1. The van der Waals surface area contributed by atoms with Crippen LogP contribution in [0, 0.1) is 17.0 Å². The van der Waals surface area contributed by atoms with Crippen molar-refractivity contribution in [1.82, 2.24) is 5.16 Å². The van der Waals surface area contributed by atoms with Gasteiger partial charge in [-0.2, -0.15) is 0 Å². The summed E-state index contributed by atoms with van der Waals surface area (Å²) in [4.78, 5) is 38.4. The minimum atomic E-state index is -1.19. The number of hydrogen-bond acceptors (Lipinski definition) is 8. The van der Waals surface area contributed by atoms with Crippen LogP contribution in [0.25, 0.3) is 11.0 Å². The van der Waals surface area contributed by atoms with E-state index in [2.05, 4.69) is 5.16 Å². The summed E-state index contributed by atoms with van der Waals surface area (Å²) in [6.07, 6.45) is 0. The van der Waals surface area contributed by atoms with Gasteiger partial charge < -0.3 is 14.0 Å². The summed E-state index contributed by atoms with van der Waals surface area (Å²) in [5.41, 5.74) is 0.182. The van der Waals surface area contributed by atoms with E-state index in [-0.39, 0.29) is 28.4 Å². The SMILES string of the molecule is Cc1cc(N2C(=O)C(O)=C(C(=O)c3cc4ccccc4o3)[C@H]2c2cccc([N+](=O)[O-])c2)no1. The van der Waals surface area contributed by atoms with E-state index in [4.69, 9.17) is 8.94 Å². The number of aryl methyl sites for hydroxylation is 1. The van der Waals surface area contributed by atoms with Crippen LogP contribution in [0.15, 0.2) is 80.9 Å². The first-order valence-corrected chi connectivity index (χ1v) is 9.83. The Morgan fingerprint density at radius 3 is 2.64 bits per heavy atom. The van der Waals surface area contributed by atoms with Crippen molar-refractivity contribution in [2.45, 2.75) is 13.0 Å². The number of non-ortho nitro benzene ring substituents is 1. The maximum Gasteiger partial charge on any atom is 0.295 e. The number of benzene rings is 2. The van der Waals surface area contributed by atoms with Gasteiger partial charge in [-0.3, -0.25) is 24.6 Å². The molecule has 0 saturated heterocycles. The Bertz CT molecular complexity index is 1450. The second-order valence-corrected chi connectivity index (χ2v) is 7.47. The highest BCUT2D eigenvalue weighted by Gasteiger charge is 2.46. The summed E-state index contributed by atoms with van der Waals surface area (Å²) in [5.74, 6) is -2.05. The highest BCUT2D eigenvalue weighted by Crippen LogP contribution is 2.42. The van der Waals surface area contributed by atoms with Gasteiger partial charge in [0.15, 0.2) is 17.3 Å². The summed E-state index contributed by atoms with van der Waals surface area (Å²) < 4.78 is 10.7. The molecule has 2 aromatic carbocycles. The average Bonchev–Trinajstić information content (AvgIpc) is 3.50. The molecule has 0 unspecified atom stereocenters. The molecule has 164 valence electrons. The van der Waals surface area contributed by atoms with Crippen molar-refractivity contribution in [2.75, 3.05) is 4.90 Å². The van der Waals surface area contributed by atoms with E-state index in [9.17, 15) is 24.8 Å². The van der Waals surface area contributed by atoms with E-state index in [1.54, 1.807) is 31.2 Å². The molecule has 33 heavy (non-hydrogen) atoms. The number of hydrogen-bond donors (Lipinski definition) is 1. The van der Waals surface area contributed by atoms with E-state index in [0.717, 1.165) is 4.90 Å². The number of fused-ring (bicyclic) bond motifs is 1. The smallest absolute Gasteiger partial charge is 0.295 e. The van der Waals surface area contributed by atoms with Crippen LogP contribution in [0.2, 0.25) is 0 Å². The summed E-state index contributed by atoms with van der Waals surface area (Å²) in [7, 11) is 0. The summed E-state index contributed by atoms with van der Waals surface area (Å²) >= 11 is 0. The fourth-order valence-corrected chi connectivity index (χ4v) is 3.89. The van der Waals surface area contributed by atoms with Gasteiger partial charge in [0.2, 0.25) is 5.78 Å². The lowest BCUT2D eigenvalue weighted by Gasteiger charge is -2.24. The Labute approximate surface area is 185 Å². The van der Waals surface area contributed by atoms with Crippen molar-refractivity contribution in [3.8, 4) is 0 Å². The van der Waals surface area contributed by atoms with Crippen LogP contribution >= 0.6 is 0 Å².